The van der Waals surface area contributed by atoms with Gasteiger partial charge in [-0.1, -0.05) is 13.8 Å². The zero-order valence-corrected chi connectivity index (χ0v) is 11.7. The van der Waals surface area contributed by atoms with E-state index >= 15 is 0 Å². The first-order valence-electron chi connectivity index (χ1n) is 5.78. The number of benzene rings is 1. The van der Waals surface area contributed by atoms with E-state index in [4.69, 9.17) is 5.73 Å². The SMILES string of the molecule is CC1(C)C2C(=O)N(c3cc(N)ccc3Br)C(=O)C21. The van der Waals surface area contributed by atoms with Crippen molar-refractivity contribution in [2.45, 2.75) is 13.8 Å². The van der Waals surface area contributed by atoms with Gasteiger partial charge in [-0.25, -0.2) is 4.90 Å². The Balaban J connectivity index is 2.03. The number of nitrogen functional groups attached to an aromatic ring is 1. The molecule has 94 valence electrons. The number of hydrogen-bond donors (Lipinski definition) is 1. The third-order valence-corrected chi connectivity index (χ3v) is 4.68. The fraction of sp³-hybridized carbons (Fsp3) is 0.385. The lowest BCUT2D eigenvalue weighted by Gasteiger charge is -2.21. The largest absolute Gasteiger partial charge is 0.399 e. The molecule has 0 spiro atoms. The normalized spacial score (nSPS) is 28.5. The van der Waals surface area contributed by atoms with E-state index in [1.165, 1.54) is 4.90 Å². The van der Waals surface area contributed by atoms with E-state index in [1.54, 1.807) is 18.2 Å². The summed E-state index contributed by atoms with van der Waals surface area (Å²) in [6.07, 6.45) is 0. The lowest BCUT2D eigenvalue weighted by Crippen LogP contribution is -2.36. The predicted molar refractivity (Wildman–Crippen MR) is 71.8 cm³/mol. The van der Waals surface area contributed by atoms with Crippen LogP contribution in [0.5, 0.6) is 0 Å². The highest BCUT2D eigenvalue weighted by atomic mass is 79.9. The Kier molecular flexibility index (Phi) is 2.18. The van der Waals surface area contributed by atoms with Gasteiger partial charge in [-0.15, -0.1) is 0 Å². The number of piperidine rings is 1. The summed E-state index contributed by atoms with van der Waals surface area (Å²) in [5.74, 6) is -0.556. The van der Waals surface area contributed by atoms with Gasteiger partial charge in [0.1, 0.15) is 0 Å². The molecule has 1 aliphatic heterocycles. The number of carbonyl (C=O) groups excluding carboxylic acids is 2. The third kappa shape index (κ3) is 1.31. The van der Waals surface area contributed by atoms with Crippen molar-refractivity contribution in [1.29, 1.82) is 0 Å². The maximum atomic E-state index is 12.3. The van der Waals surface area contributed by atoms with Crippen molar-refractivity contribution in [3.05, 3.63) is 22.7 Å². The lowest BCUT2D eigenvalue weighted by molar-refractivity contribution is -0.125. The van der Waals surface area contributed by atoms with Gasteiger partial charge in [0.25, 0.3) is 0 Å². The van der Waals surface area contributed by atoms with Gasteiger partial charge in [0.05, 0.1) is 17.5 Å². The Labute approximate surface area is 113 Å². The molecule has 0 bridgehead atoms. The molecule has 2 N–H and O–H groups in total. The van der Waals surface area contributed by atoms with E-state index < -0.39 is 0 Å². The summed E-state index contributed by atoms with van der Waals surface area (Å²) in [6.45, 7) is 3.92. The van der Waals surface area contributed by atoms with E-state index in [0.29, 0.717) is 15.8 Å². The second-order valence-electron chi connectivity index (χ2n) is 5.50. The minimum absolute atomic E-state index is 0.110. The minimum atomic E-state index is -0.183. The fourth-order valence-electron chi connectivity index (χ4n) is 2.88. The molecule has 2 atom stereocenters. The van der Waals surface area contributed by atoms with E-state index in [9.17, 15) is 9.59 Å². The van der Waals surface area contributed by atoms with Crippen molar-refractivity contribution in [3.63, 3.8) is 0 Å². The number of fused-ring (bicyclic) bond motifs is 1. The van der Waals surface area contributed by atoms with Crippen molar-refractivity contribution in [3.8, 4) is 0 Å². The Morgan fingerprint density at radius 1 is 1.22 bits per heavy atom. The molecule has 1 saturated heterocycles. The standard InChI is InChI=1S/C13H13BrN2O2/c1-13(2)9-10(13)12(18)16(11(9)17)8-5-6(15)3-4-7(8)14/h3-5,9-10H,15H2,1-2H3. The molecule has 0 aromatic heterocycles. The van der Waals surface area contributed by atoms with Crippen LogP contribution >= 0.6 is 15.9 Å². The van der Waals surface area contributed by atoms with E-state index in [2.05, 4.69) is 15.9 Å². The highest BCUT2D eigenvalue weighted by Gasteiger charge is 2.72. The first-order valence-corrected chi connectivity index (χ1v) is 6.58. The number of hydrogen-bond acceptors (Lipinski definition) is 3. The van der Waals surface area contributed by atoms with E-state index in [1.807, 2.05) is 13.8 Å². The van der Waals surface area contributed by atoms with Crippen molar-refractivity contribution in [1.82, 2.24) is 0 Å². The Bertz CT molecular complexity index is 558. The van der Waals surface area contributed by atoms with Crippen molar-refractivity contribution >= 4 is 39.1 Å². The summed E-state index contributed by atoms with van der Waals surface area (Å²) in [4.78, 5) is 25.8. The second-order valence-corrected chi connectivity index (χ2v) is 6.35. The summed E-state index contributed by atoms with van der Waals surface area (Å²) >= 11 is 3.36. The number of halogens is 1. The zero-order valence-electron chi connectivity index (χ0n) is 10.1. The molecule has 1 heterocycles. The van der Waals surface area contributed by atoms with Crippen LogP contribution in [0.1, 0.15) is 13.8 Å². The second kappa shape index (κ2) is 3.35. The van der Waals surface area contributed by atoms with Crippen LogP contribution < -0.4 is 10.6 Å². The van der Waals surface area contributed by atoms with Crippen LogP contribution in [-0.2, 0) is 9.59 Å². The Morgan fingerprint density at radius 3 is 2.33 bits per heavy atom. The zero-order chi connectivity index (χ0) is 13.2. The topological polar surface area (TPSA) is 63.4 Å². The van der Waals surface area contributed by atoms with Crippen LogP contribution in [0, 0.1) is 17.3 Å². The molecule has 2 amide bonds. The molecule has 2 aliphatic rings. The number of nitrogens with zero attached hydrogens (tertiary/aromatic N) is 1. The highest BCUT2D eigenvalue weighted by Crippen LogP contribution is 2.64. The molecule has 1 aromatic rings. The van der Waals surface area contributed by atoms with Gasteiger partial charge in [-0.05, 0) is 39.5 Å². The van der Waals surface area contributed by atoms with Gasteiger partial charge in [0.15, 0.2) is 0 Å². The fourth-order valence-corrected chi connectivity index (χ4v) is 3.31. The third-order valence-electron chi connectivity index (χ3n) is 4.01. The van der Waals surface area contributed by atoms with Gasteiger partial charge in [0, 0.05) is 10.2 Å². The van der Waals surface area contributed by atoms with E-state index in [0.717, 1.165) is 0 Å². The summed E-state index contributed by atoms with van der Waals surface area (Å²) in [7, 11) is 0. The molecule has 18 heavy (non-hydrogen) atoms. The molecular weight excluding hydrogens is 296 g/mol. The number of rotatable bonds is 1. The average Bonchev–Trinajstić information content (AvgIpc) is 2.74. The molecule has 1 aliphatic carbocycles. The molecule has 3 rings (SSSR count). The number of imide groups is 1. The van der Waals surface area contributed by atoms with Crippen LogP contribution in [0.2, 0.25) is 0 Å². The summed E-state index contributed by atoms with van der Waals surface area (Å²) < 4.78 is 0.706. The first kappa shape index (κ1) is 11.7. The predicted octanol–water partition coefficient (Wildman–Crippen LogP) is 2.18. The number of amides is 2. The molecule has 1 saturated carbocycles. The van der Waals surface area contributed by atoms with Crippen molar-refractivity contribution < 1.29 is 9.59 Å². The van der Waals surface area contributed by atoms with Gasteiger partial charge < -0.3 is 5.73 Å². The molecule has 2 unspecified atom stereocenters. The van der Waals surface area contributed by atoms with Crippen LogP contribution in [0.15, 0.2) is 22.7 Å². The molecule has 5 heteroatoms. The molecule has 1 aromatic carbocycles. The van der Waals surface area contributed by atoms with E-state index in [-0.39, 0.29) is 29.1 Å². The number of carbonyl (C=O) groups is 2. The minimum Gasteiger partial charge on any atom is -0.399 e. The summed E-state index contributed by atoms with van der Waals surface area (Å²) in [5, 5.41) is 0. The molecule has 4 nitrogen and oxygen atoms in total. The smallest absolute Gasteiger partial charge is 0.238 e. The summed E-state index contributed by atoms with van der Waals surface area (Å²) in [5.41, 5.74) is 6.62. The van der Waals surface area contributed by atoms with Gasteiger partial charge >= 0.3 is 0 Å². The van der Waals surface area contributed by atoms with Crippen molar-refractivity contribution in [2.24, 2.45) is 17.3 Å². The Hall–Kier alpha value is -1.36. The van der Waals surface area contributed by atoms with Gasteiger partial charge in [0.2, 0.25) is 11.8 Å². The quantitative estimate of drug-likeness (QED) is 0.639. The maximum Gasteiger partial charge on any atom is 0.238 e. The first-order chi connectivity index (χ1) is 8.35. The van der Waals surface area contributed by atoms with Crippen LogP contribution in [0.3, 0.4) is 0 Å². The monoisotopic (exact) mass is 308 g/mol. The highest BCUT2D eigenvalue weighted by molar-refractivity contribution is 9.10. The van der Waals surface area contributed by atoms with Crippen LogP contribution in [0.25, 0.3) is 0 Å². The number of nitrogens with two attached hydrogens (primary N) is 1. The average molecular weight is 309 g/mol. The molecule has 2 fully saturated rings. The Morgan fingerprint density at radius 2 is 1.78 bits per heavy atom. The molecular formula is C13H13BrN2O2. The maximum absolute atomic E-state index is 12.3. The lowest BCUT2D eigenvalue weighted by atomic mass is 10.1. The number of anilines is 2. The van der Waals surface area contributed by atoms with Gasteiger partial charge in [-0.3, -0.25) is 9.59 Å². The van der Waals surface area contributed by atoms with Crippen LogP contribution in [0.4, 0.5) is 11.4 Å². The van der Waals surface area contributed by atoms with Crippen molar-refractivity contribution in [2.75, 3.05) is 10.6 Å². The van der Waals surface area contributed by atoms with Crippen LogP contribution in [-0.4, -0.2) is 11.8 Å². The molecule has 0 radical (unpaired) electrons. The summed E-state index contributed by atoms with van der Waals surface area (Å²) in [6, 6.07) is 5.13. The van der Waals surface area contributed by atoms with Gasteiger partial charge in [-0.2, -0.15) is 0 Å².